The molecule has 44 heavy (non-hydrogen) atoms. The molecule has 0 heterocycles. The lowest BCUT2D eigenvalue weighted by atomic mass is 9.91. The molecule has 0 bridgehead atoms. The third-order valence-corrected chi connectivity index (χ3v) is 9.67. The smallest absolute Gasteiger partial charge is 0.139 e. The second kappa shape index (κ2) is 28.7. The van der Waals surface area contributed by atoms with Crippen LogP contribution in [0.25, 0.3) is 0 Å². The van der Waals surface area contributed by atoms with Crippen molar-refractivity contribution in [3.63, 3.8) is 0 Å². The van der Waals surface area contributed by atoms with Gasteiger partial charge in [-0.15, -0.1) is 0 Å². The van der Waals surface area contributed by atoms with Crippen molar-refractivity contribution in [2.45, 2.75) is 226 Å². The third-order valence-electron chi connectivity index (χ3n) is 9.67. The van der Waals surface area contributed by atoms with Gasteiger partial charge in [-0.1, -0.05) is 149 Å². The Hall–Kier alpha value is -0.490. The van der Waals surface area contributed by atoms with Crippen LogP contribution in [-0.4, -0.2) is 46.6 Å². The van der Waals surface area contributed by atoms with Gasteiger partial charge in [0, 0.05) is 13.0 Å². The number of carbonyl (C=O) groups is 1. The van der Waals surface area contributed by atoms with Crippen LogP contribution in [0.1, 0.15) is 208 Å². The van der Waals surface area contributed by atoms with Gasteiger partial charge in [0.1, 0.15) is 12.0 Å². The van der Waals surface area contributed by atoms with E-state index < -0.39 is 11.8 Å². The Bertz CT molecular complexity index is 636. The van der Waals surface area contributed by atoms with E-state index in [1.807, 2.05) is 13.8 Å². The van der Waals surface area contributed by atoms with Crippen LogP contribution in [0.5, 0.6) is 0 Å². The summed E-state index contributed by atoms with van der Waals surface area (Å²) < 4.78 is 6.07. The molecule has 3 N–H and O–H groups in total. The van der Waals surface area contributed by atoms with Crippen molar-refractivity contribution < 1.29 is 19.7 Å². The fourth-order valence-electron chi connectivity index (χ4n) is 5.95. The summed E-state index contributed by atoms with van der Waals surface area (Å²) in [6, 6.07) is 0. The van der Waals surface area contributed by atoms with Gasteiger partial charge in [0.2, 0.25) is 0 Å². The molecule has 0 rings (SSSR count). The maximum atomic E-state index is 13.3. The first-order chi connectivity index (χ1) is 21.1. The minimum Gasteiger partial charge on any atom is -0.390 e. The number of unbranched alkanes of at least 4 members (excludes halogenated alkanes) is 19. The summed E-state index contributed by atoms with van der Waals surface area (Å²) in [5.74, 6) is -0.0926. The molecule has 0 saturated carbocycles. The first-order valence-electron chi connectivity index (χ1n) is 19.4. The van der Waals surface area contributed by atoms with Crippen LogP contribution >= 0.6 is 0 Å². The number of carbonyl (C=O) groups excluding carboxylic acids is 1. The Labute approximate surface area is 275 Å². The Morgan fingerprint density at radius 1 is 0.659 bits per heavy atom. The zero-order chi connectivity index (χ0) is 32.9. The van der Waals surface area contributed by atoms with Crippen molar-refractivity contribution in [2.24, 2.45) is 5.92 Å². The number of hydrogen-bond donors (Lipinski definition) is 3. The van der Waals surface area contributed by atoms with E-state index in [-0.39, 0.29) is 17.3 Å². The second-order valence-electron chi connectivity index (χ2n) is 14.7. The summed E-state index contributed by atoms with van der Waals surface area (Å²) in [6.07, 6.45) is 29.4. The molecule has 264 valence electrons. The number of hydrogen-bond acceptors (Lipinski definition) is 5. The van der Waals surface area contributed by atoms with Gasteiger partial charge in [0.15, 0.2) is 0 Å². The van der Waals surface area contributed by atoms with E-state index in [1.54, 1.807) is 0 Å². The topological polar surface area (TPSA) is 78.8 Å². The molecule has 3 unspecified atom stereocenters. The summed E-state index contributed by atoms with van der Waals surface area (Å²) in [5.41, 5.74) is -1.05. The van der Waals surface area contributed by atoms with Crippen LogP contribution in [0.4, 0.5) is 0 Å². The van der Waals surface area contributed by atoms with Crippen LogP contribution in [0, 0.1) is 5.92 Å². The molecule has 3 atom stereocenters. The number of rotatable bonds is 34. The summed E-state index contributed by atoms with van der Waals surface area (Å²) in [4.78, 5) is 13.3. The summed E-state index contributed by atoms with van der Waals surface area (Å²) in [5, 5.41) is 24.6. The van der Waals surface area contributed by atoms with Crippen molar-refractivity contribution >= 4 is 5.78 Å². The van der Waals surface area contributed by atoms with Gasteiger partial charge in [-0.05, 0) is 52.9 Å². The molecule has 0 amide bonds. The van der Waals surface area contributed by atoms with Gasteiger partial charge < -0.3 is 14.9 Å². The third kappa shape index (κ3) is 26.7. The SMILES string of the molecule is CCCCCCCCCCCCCC(=O)C(CCCCCCCCCCCC)C(O)NCCC(C)(C)OCCC(C)(O)CC. The Balaban J connectivity index is 4.54. The van der Waals surface area contributed by atoms with E-state index in [9.17, 15) is 15.0 Å². The van der Waals surface area contributed by atoms with Crippen LogP contribution in [-0.2, 0) is 9.53 Å². The molecular formula is C39H79NO4. The lowest BCUT2D eigenvalue weighted by Crippen LogP contribution is -2.42. The van der Waals surface area contributed by atoms with Crippen molar-refractivity contribution in [1.82, 2.24) is 5.32 Å². The largest absolute Gasteiger partial charge is 0.390 e. The Morgan fingerprint density at radius 3 is 1.55 bits per heavy atom. The molecule has 0 aliphatic heterocycles. The maximum Gasteiger partial charge on any atom is 0.139 e. The molecule has 0 aromatic rings. The normalized spacial score (nSPS) is 14.9. The van der Waals surface area contributed by atoms with E-state index in [4.69, 9.17) is 4.74 Å². The minimum atomic E-state index is -0.801. The lowest BCUT2D eigenvalue weighted by molar-refractivity contribution is -0.127. The van der Waals surface area contributed by atoms with Gasteiger partial charge in [-0.3, -0.25) is 10.1 Å². The monoisotopic (exact) mass is 626 g/mol. The molecule has 0 aromatic carbocycles. The number of Topliss-reactive ketones (excluding diaryl/α,β-unsaturated/α-hetero) is 1. The summed E-state index contributed by atoms with van der Waals surface area (Å²) >= 11 is 0. The molecule has 0 fully saturated rings. The summed E-state index contributed by atoms with van der Waals surface area (Å²) in [7, 11) is 0. The zero-order valence-corrected chi connectivity index (χ0v) is 30.7. The van der Waals surface area contributed by atoms with E-state index in [1.165, 1.54) is 109 Å². The van der Waals surface area contributed by atoms with Crippen LogP contribution in [0.2, 0.25) is 0 Å². The molecular weight excluding hydrogens is 546 g/mol. The predicted octanol–water partition coefficient (Wildman–Crippen LogP) is 10.8. The molecule has 0 spiro atoms. The number of aliphatic hydroxyl groups excluding tert-OH is 1. The quantitative estimate of drug-likeness (QED) is 0.0490. The zero-order valence-electron chi connectivity index (χ0n) is 30.7. The molecule has 0 aliphatic rings. The molecule has 0 aromatic heterocycles. The van der Waals surface area contributed by atoms with Gasteiger partial charge >= 0.3 is 0 Å². The highest BCUT2D eigenvalue weighted by Crippen LogP contribution is 2.22. The first-order valence-corrected chi connectivity index (χ1v) is 19.4. The number of nitrogens with one attached hydrogen (secondary N) is 1. The van der Waals surface area contributed by atoms with Crippen molar-refractivity contribution in [3.05, 3.63) is 0 Å². The minimum absolute atomic E-state index is 0.231. The van der Waals surface area contributed by atoms with Gasteiger partial charge in [-0.2, -0.15) is 0 Å². The highest BCUT2D eigenvalue weighted by atomic mass is 16.5. The number of aliphatic hydroxyl groups is 2. The predicted molar refractivity (Wildman–Crippen MR) is 190 cm³/mol. The van der Waals surface area contributed by atoms with Gasteiger partial charge in [-0.25, -0.2) is 0 Å². The van der Waals surface area contributed by atoms with E-state index in [0.717, 1.165) is 38.5 Å². The highest BCUT2D eigenvalue weighted by molar-refractivity contribution is 5.81. The highest BCUT2D eigenvalue weighted by Gasteiger charge is 2.27. The first kappa shape index (κ1) is 43.5. The van der Waals surface area contributed by atoms with E-state index in [2.05, 4.69) is 33.0 Å². The lowest BCUT2D eigenvalue weighted by Gasteiger charge is -2.29. The van der Waals surface area contributed by atoms with Crippen LogP contribution in [0.15, 0.2) is 0 Å². The van der Waals surface area contributed by atoms with Crippen LogP contribution in [0.3, 0.4) is 0 Å². The van der Waals surface area contributed by atoms with E-state index >= 15 is 0 Å². The Kier molecular flexibility index (Phi) is 28.4. The number of ether oxygens (including phenoxy) is 1. The summed E-state index contributed by atoms with van der Waals surface area (Å²) in [6.45, 7) is 13.6. The average molecular weight is 626 g/mol. The standard InChI is InChI=1S/C39H79NO4/c1-7-10-12-14-16-18-20-22-24-26-28-30-36(41)35(29-27-25-23-21-19-17-15-13-11-8-2)37(42)40-33-31-38(4,5)44-34-32-39(6,43)9-3/h35,37,40,42-43H,7-34H2,1-6H3. The molecule has 5 heteroatoms. The van der Waals surface area contributed by atoms with Gasteiger partial charge in [0.05, 0.1) is 23.7 Å². The van der Waals surface area contributed by atoms with Crippen molar-refractivity contribution in [3.8, 4) is 0 Å². The molecule has 0 aliphatic carbocycles. The fraction of sp³-hybridized carbons (Fsp3) is 0.974. The molecule has 5 nitrogen and oxygen atoms in total. The average Bonchev–Trinajstić information content (AvgIpc) is 2.98. The van der Waals surface area contributed by atoms with Crippen molar-refractivity contribution in [1.29, 1.82) is 0 Å². The molecule has 0 saturated heterocycles. The van der Waals surface area contributed by atoms with Crippen LogP contribution < -0.4 is 5.32 Å². The Morgan fingerprint density at radius 2 is 1.09 bits per heavy atom. The van der Waals surface area contributed by atoms with E-state index in [0.29, 0.717) is 32.4 Å². The maximum absolute atomic E-state index is 13.3. The van der Waals surface area contributed by atoms with Gasteiger partial charge in [0.25, 0.3) is 0 Å². The number of ketones is 1. The van der Waals surface area contributed by atoms with Crippen molar-refractivity contribution in [2.75, 3.05) is 13.2 Å². The fourth-order valence-corrected chi connectivity index (χ4v) is 5.95. The molecule has 0 radical (unpaired) electrons. The second-order valence-corrected chi connectivity index (χ2v) is 14.7.